The first-order valence-electron chi connectivity index (χ1n) is 19.0. The molecule has 10 rings (SSSR count). The molecule has 1 aliphatic carbocycles. The molecule has 55 heavy (non-hydrogen) atoms. The van der Waals surface area contributed by atoms with Crippen molar-refractivity contribution in [1.82, 2.24) is 9.97 Å². The van der Waals surface area contributed by atoms with Crippen molar-refractivity contribution < 1.29 is 0 Å². The Labute approximate surface area is 322 Å². The molecule has 0 aliphatic heterocycles. The van der Waals surface area contributed by atoms with Gasteiger partial charge in [-0.2, -0.15) is 0 Å². The van der Waals surface area contributed by atoms with Crippen molar-refractivity contribution in [3.63, 3.8) is 0 Å². The van der Waals surface area contributed by atoms with Crippen LogP contribution in [0.25, 0.3) is 89.2 Å². The Hall–Kier alpha value is -6.90. The Kier molecular flexibility index (Phi) is 7.85. The molecular formula is C53H38N2. The van der Waals surface area contributed by atoms with Gasteiger partial charge in [0.25, 0.3) is 0 Å². The average molecular weight is 703 g/mol. The number of nitrogens with zero attached hydrogens (tertiary/aromatic N) is 2. The van der Waals surface area contributed by atoms with Crippen LogP contribution in [0.15, 0.2) is 194 Å². The van der Waals surface area contributed by atoms with Crippen LogP contribution in [-0.4, -0.2) is 9.97 Å². The van der Waals surface area contributed by atoms with Gasteiger partial charge < -0.3 is 0 Å². The van der Waals surface area contributed by atoms with E-state index >= 15 is 0 Å². The van der Waals surface area contributed by atoms with Gasteiger partial charge in [-0.25, -0.2) is 9.97 Å². The minimum atomic E-state index is -0.132. The Morgan fingerprint density at radius 2 is 0.836 bits per heavy atom. The molecular weight excluding hydrogens is 665 g/mol. The van der Waals surface area contributed by atoms with Crippen molar-refractivity contribution in [3.05, 3.63) is 205 Å². The topological polar surface area (TPSA) is 25.8 Å². The summed E-state index contributed by atoms with van der Waals surface area (Å²) >= 11 is 0. The Morgan fingerprint density at radius 3 is 1.51 bits per heavy atom. The molecule has 8 aromatic carbocycles. The van der Waals surface area contributed by atoms with Gasteiger partial charge in [0, 0.05) is 22.1 Å². The molecule has 0 atom stereocenters. The van der Waals surface area contributed by atoms with Crippen LogP contribution >= 0.6 is 0 Å². The quantitative estimate of drug-likeness (QED) is 0.172. The van der Waals surface area contributed by atoms with Gasteiger partial charge in [0.05, 0.1) is 11.4 Å². The van der Waals surface area contributed by atoms with Crippen molar-refractivity contribution in [3.8, 4) is 78.4 Å². The van der Waals surface area contributed by atoms with E-state index in [9.17, 15) is 0 Å². The van der Waals surface area contributed by atoms with Gasteiger partial charge in [-0.15, -0.1) is 0 Å². The standard InChI is InChI=1S/C53H38N2/c1-53(2)47-24-14-23-45(51(47)46-32-40-21-12-13-22-41(40)33-48(46)53)43-29-42(36-17-8-4-9-18-36)30-44(31-43)50-34-49(54-52(55-50)39-19-10-5-11-20-39)38-27-25-37(26-28-38)35-15-6-3-7-16-35/h3-34H,1-2H3. The Morgan fingerprint density at radius 1 is 0.327 bits per heavy atom. The molecule has 1 aliphatic rings. The van der Waals surface area contributed by atoms with E-state index in [-0.39, 0.29) is 5.41 Å². The first-order valence-corrected chi connectivity index (χ1v) is 19.0. The molecule has 9 aromatic rings. The van der Waals surface area contributed by atoms with Crippen LogP contribution in [0.2, 0.25) is 0 Å². The maximum Gasteiger partial charge on any atom is 0.160 e. The summed E-state index contributed by atoms with van der Waals surface area (Å²) in [5.41, 5.74) is 17.2. The number of aromatic nitrogens is 2. The lowest BCUT2D eigenvalue weighted by Crippen LogP contribution is -2.14. The average Bonchev–Trinajstić information content (AvgIpc) is 3.48. The zero-order valence-electron chi connectivity index (χ0n) is 30.9. The van der Waals surface area contributed by atoms with Crippen LogP contribution in [0.4, 0.5) is 0 Å². The second-order valence-corrected chi connectivity index (χ2v) is 15.0. The van der Waals surface area contributed by atoms with Crippen LogP contribution in [0, 0.1) is 0 Å². The lowest BCUT2D eigenvalue weighted by molar-refractivity contribution is 0.661. The van der Waals surface area contributed by atoms with Gasteiger partial charge in [-0.3, -0.25) is 0 Å². The van der Waals surface area contributed by atoms with Gasteiger partial charge in [-0.05, 0) is 103 Å². The maximum atomic E-state index is 5.29. The maximum absolute atomic E-state index is 5.29. The van der Waals surface area contributed by atoms with E-state index in [1.165, 1.54) is 60.8 Å². The molecule has 260 valence electrons. The summed E-state index contributed by atoms with van der Waals surface area (Å²) in [5.74, 6) is 0.704. The molecule has 0 saturated heterocycles. The SMILES string of the molecule is CC1(C)c2cc3ccccc3cc2-c2c(-c3cc(-c4ccccc4)cc(-c4cc(-c5ccc(-c6ccccc6)cc5)nc(-c5ccccc5)n4)c3)cccc21. The molecule has 0 fully saturated rings. The molecule has 0 unspecified atom stereocenters. The smallest absolute Gasteiger partial charge is 0.160 e. The molecule has 0 amide bonds. The highest BCUT2D eigenvalue weighted by atomic mass is 14.9. The number of hydrogen-bond acceptors (Lipinski definition) is 2. The predicted molar refractivity (Wildman–Crippen MR) is 230 cm³/mol. The Balaban J connectivity index is 1.18. The van der Waals surface area contributed by atoms with Crippen LogP contribution in [0.3, 0.4) is 0 Å². The van der Waals surface area contributed by atoms with E-state index in [4.69, 9.17) is 9.97 Å². The summed E-state index contributed by atoms with van der Waals surface area (Å²) in [4.78, 5) is 10.5. The zero-order chi connectivity index (χ0) is 36.9. The van der Waals surface area contributed by atoms with Gasteiger partial charge in [-0.1, -0.05) is 172 Å². The van der Waals surface area contributed by atoms with Crippen LogP contribution in [0.5, 0.6) is 0 Å². The third-order valence-electron chi connectivity index (χ3n) is 11.3. The molecule has 0 spiro atoms. The van der Waals surface area contributed by atoms with Crippen LogP contribution in [-0.2, 0) is 5.41 Å². The van der Waals surface area contributed by atoms with E-state index in [1.807, 2.05) is 18.2 Å². The summed E-state index contributed by atoms with van der Waals surface area (Å²) in [7, 11) is 0. The number of rotatable bonds is 6. The van der Waals surface area contributed by atoms with E-state index in [0.29, 0.717) is 5.82 Å². The van der Waals surface area contributed by atoms with E-state index < -0.39 is 0 Å². The monoisotopic (exact) mass is 702 g/mol. The lowest BCUT2D eigenvalue weighted by atomic mass is 9.81. The van der Waals surface area contributed by atoms with Crippen LogP contribution < -0.4 is 0 Å². The summed E-state index contributed by atoms with van der Waals surface area (Å²) in [6, 6.07) is 69.7. The second kappa shape index (κ2) is 13.2. The van der Waals surface area contributed by atoms with E-state index in [0.717, 1.165) is 33.6 Å². The molecule has 1 aromatic heterocycles. The largest absolute Gasteiger partial charge is 0.228 e. The summed E-state index contributed by atoms with van der Waals surface area (Å²) in [6.45, 7) is 4.73. The minimum absolute atomic E-state index is 0.132. The van der Waals surface area contributed by atoms with Crippen molar-refractivity contribution in [1.29, 1.82) is 0 Å². The molecule has 1 heterocycles. The summed E-state index contributed by atoms with van der Waals surface area (Å²) < 4.78 is 0. The van der Waals surface area contributed by atoms with Gasteiger partial charge in [0.15, 0.2) is 5.82 Å². The van der Waals surface area contributed by atoms with Gasteiger partial charge >= 0.3 is 0 Å². The highest BCUT2D eigenvalue weighted by molar-refractivity contribution is 5.99. The molecule has 0 N–H and O–H groups in total. The van der Waals surface area contributed by atoms with Gasteiger partial charge in [0.1, 0.15) is 0 Å². The minimum Gasteiger partial charge on any atom is -0.228 e. The number of fused-ring (bicyclic) bond motifs is 4. The first kappa shape index (κ1) is 32.7. The molecule has 0 radical (unpaired) electrons. The van der Waals surface area contributed by atoms with Crippen LogP contribution in [0.1, 0.15) is 25.0 Å². The van der Waals surface area contributed by atoms with Gasteiger partial charge in [0.2, 0.25) is 0 Å². The summed E-state index contributed by atoms with van der Waals surface area (Å²) in [5, 5.41) is 2.54. The molecule has 0 saturated carbocycles. The lowest BCUT2D eigenvalue weighted by Gasteiger charge is -2.22. The van der Waals surface area contributed by atoms with Crippen molar-refractivity contribution in [2.45, 2.75) is 19.3 Å². The molecule has 2 nitrogen and oxygen atoms in total. The molecule has 0 bridgehead atoms. The zero-order valence-corrected chi connectivity index (χ0v) is 30.9. The fourth-order valence-electron chi connectivity index (χ4n) is 8.36. The molecule has 2 heteroatoms. The highest BCUT2D eigenvalue weighted by Gasteiger charge is 2.37. The number of benzene rings is 8. The normalized spacial score (nSPS) is 12.7. The van der Waals surface area contributed by atoms with E-state index in [2.05, 4.69) is 190 Å². The Bertz CT molecular complexity index is 2860. The third kappa shape index (κ3) is 5.84. The summed E-state index contributed by atoms with van der Waals surface area (Å²) in [6.07, 6.45) is 0. The second-order valence-electron chi connectivity index (χ2n) is 15.0. The number of hydrogen-bond donors (Lipinski definition) is 0. The fraction of sp³-hybridized carbons (Fsp3) is 0.0566. The van der Waals surface area contributed by atoms with Crippen molar-refractivity contribution >= 4 is 10.8 Å². The van der Waals surface area contributed by atoms with Crippen molar-refractivity contribution in [2.24, 2.45) is 0 Å². The third-order valence-corrected chi connectivity index (χ3v) is 11.3. The fourth-order valence-corrected chi connectivity index (χ4v) is 8.36. The van der Waals surface area contributed by atoms with E-state index in [1.54, 1.807) is 0 Å². The highest BCUT2D eigenvalue weighted by Crippen LogP contribution is 2.53. The van der Waals surface area contributed by atoms with Crippen molar-refractivity contribution in [2.75, 3.05) is 0 Å². The first-order chi connectivity index (χ1) is 27.0. The predicted octanol–water partition coefficient (Wildman–Crippen LogP) is 13.9.